The number of piperidine rings is 1. The Hall–Kier alpha value is -2.07. The Bertz CT molecular complexity index is 663. The predicted octanol–water partition coefficient (Wildman–Crippen LogP) is 3.67. The van der Waals surface area contributed by atoms with Crippen LogP contribution < -0.4 is 4.74 Å². The van der Waals surface area contributed by atoms with Gasteiger partial charge in [-0.25, -0.2) is 0 Å². The molecule has 1 aromatic heterocycles. The highest BCUT2D eigenvalue weighted by Crippen LogP contribution is 2.21. The van der Waals surface area contributed by atoms with Gasteiger partial charge in [-0.3, -0.25) is 9.78 Å². The van der Waals surface area contributed by atoms with Crippen molar-refractivity contribution in [2.75, 3.05) is 19.7 Å². The number of aromatic nitrogens is 1. The Morgan fingerprint density at radius 3 is 2.91 bits per heavy atom. The standard InChI is InChI=1S/C18H19ClN2O2/c19-16-5-1-4-15(11-16)18(22)21-10-2-3-14(12-21)13-23-17-6-8-20-9-7-17/h1,4-9,11,14H,2-3,10,12-13H2. The van der Waals surface area contributed by atoms with E-state index in [9.17, 15) is 4.79 Å². The summed E-state index contributed by atoms with van der Waals surface area (Å²) in [5.41, 5.74) is 0.646. The summed E-state index contributed by atoms with van der Waals surface area (Å²) < 4.78 is 5.80. The molecular formula is C18H19ClN2O2. The Labute approximate surface area is 141 Å². The van der Waals surface area contributed by atoms with Gasteiger partial charge in [-0.05, 0) is 43.2 Å². The quantitative estimate of drug-likeness (QED) is 0.859. The number of rotatable bonds is 4. The van der Waals surface area contributed by atoms with Gasteiger partial charge in [0, 0.05) is 42.0 Å². The van der Waals surface area contributed by atoms with Crippen LogP contribution in [0.25, 0.3) is 0 Å². The van der Waals surface area contributed by atoms with Crippen LogP contribution >= 0.6 is 11.6 Å². The maximum Gasteiger partial charge on any atom is 0.253 e. The summed E-state index contributed by atoms with van der Waals surface area (Å²) in [6, 6.07) is 10.8. The Kier molecular flexibility index (Phi) is 5.13. The van der Waals surface area contributed by atoms with Gasteiger partial charge in [-0.2, -0.15) is 0 Å². The summed E-state index contributed by atoms with van der Waals surface area (Å²) >= 11 is 5.98. The number of halogens is 1. The van der Waals surface area contributed by atoms with Gasteiger partial charge in [0.05, 0.1) is 6.61 Å². The number of ether oxygens (including phenoxy) is 1. The smallest absolute Gasteiger partial charge is 0.253 e. The number of carbonyl (C=O) groups is 1. The molecule has 2 heterocycles. The molecule has 1 aliphatic rings. The number of amides is 1. The van der Waals surface area contributed by atoms with Gasteiger partial charge in [0.2, 0.25) is 0 Å². The van der Waals surface area contributed by atoms with Crippen LogP contribution in [0.2, 0.25) is 5.02 Å². The fourth-order valence-electron chi connectivity index (χ4n) is 2.84. The number of pyridine rings is 1. The van der Waals surface area contributed by atoms with E-state index in [1.165, 1.54) is 0 Å². The number of benzene rings is 1. The maximum atomic E-state index is 12.6. The van der Waals surface area contributed by atoms with Crippen molar-refractivity contribution < 1.29 is 9.53 Å². The normalized spacial score (nSPS) is 17.8. The molecule has 1 amide bonds. The average Bonchev–Trinajstić information content (AvgIpc) is 2.60. The topological polar surface area (TPSA) is 42.4 Å². The van der Waals surface area contributed by atoms with Gasteiger partial charge >= 0.3 is 0 Å². The van der Waals surface area contributed by atoms with Crippen LogP contribution in [0.4, 0.5) is 0 Å². The van der Waals surface area contributed by atoms with E-state index in [1.807, 2.05) is 29.2 Å². The lowest BCUT2D eigenvalue weighted by molar-refractivity contribution is 0.0633. The number of hydrogen-bond acceptors (Lipinski definition) is 3. The molecule has 0 spiro atoms. The van der Waals surface area contributed by atoms with Crippen molar-refractivity contribution in [2.45, 2.75) is 12.8 Å². The molecule has 0 radical (unpaired) electrons. The number of carbonyl (C=O) groups excluding carboxylic acids is 1. The van der Waals surface area contributed by atoms with Gasteiger partial charge in [0.15, 0.2) is 0 Å². The summed E-state index contributed by atoms with van der Waals surface area (Å²) in [5, 5.41) is 0.588. The van der Waals surface area contributed by atoms with Crippen molar-refractivity contribution in [1.82, 2.24) is 9.88 Å². The van der Waals surface area contributed by atoms with E-state index in [2.05, 4.69) is 4.98 Å². The van der Waals surface area contributed by atoms with E-state index in [4.69, 9.17) is 16.3 Å². The first-order valence-corrected chi connectivity index (χ1v) is 8.18. The van der Waals surface area contributed by atoms with Crippen molar-refractivity contribution in [3.63, 3.8) is 0 Å². The first kappa shape index (κ1) is 15.8. The van der Waals surface area contributed by atoms with E-state index in [1.54, 1.807) is 24.5 Å². The van der Waals surface area contributed by atoms with E-state index < -0.39 is 0 Å². The minimum Gasteiger partial charge on any atom is -0.493 e. The van der Waals surface area contributed by atoms with E-state index in [0.717, 1.165) is 31.7 Å². The number of nitrogens with zero attached hydrogens (tertiary/aromatic N) is 2. The van der Waals surface area contributed by atoms with Crippen LogP contribution in [-0.4, -0.2) is 35.5 Å². The van der Waals surface area contributed by atoms with Crippen LogP contribution in [0.3, 0.4) is 0 Å². The third-order valence-electron chi connectivity index (χ3n) is 4.01. The lowest BCUT2D eigenvalue weighted by Gasteiger charge is -2.32. The van der Waals surface area contributed by atoms with Gasteiger partial charge in [-0.1, -0.05) is 17.7 Å². The van der Waals surface area contributed by atoms with Crippen molar-refractivity contribution in [1.29, 1.82) is 0 Å². The Morgan fingerprint density at radius 2 is 2.13 bits per heavy atom. The second-order valence-electron chi connectivity index (χ2n) is 5.76. The lowest BCUT2D eigenvalue weighted by atomic mass is 9.98. The average molecular weight is 331 g/mol. The summed E-state index contributed by atoms with van der Waals surface area (Å²) in [6.07, 6.45) is 5.50. The third-order valence-corrected chi connectivity index (χ3v) is 4.25. The minimum atomic E-state index is 0.0427. The monoisotopic (exact) mass is 330 g/mol. The zero-order valence-corrected chi connectivity index (χ0v) is 13.6. The van der Waals surface area contributed by atoms with Gasteiger partial charge in [0.1, 0.15) is 5.75 Å². The maximum absolute atomic E-state index is 12.6. The van der Waals surface area contributed by atoms with Gasteiger partial charge < -0.3 is 9.64 Å². The van der Waals surface area contributed by atoms with Crippen molar-refractivity contribution >= 4 is 17.5 Å². The summed E-state index contributed by atoms with van der Waals surface area (Å²) in [7, 11) is 0. The molecule has 0 aliphatic carbocycles. The third kappa shape index (κ3) is 4.23. The van der Waals surface area contributed by atoms with E-state index in [-0.39, 0.29) is 5.91 Å². The molecule has 0 N–H and O–H groups in total. The molecule has 1 fully saturated rings. The molecule has 1 unspecified atom stereocenters. The number of likely N-dealkylation sites (tertiary alicyclic amines) is 1. The van der Waals surface area contributed by atoms with Crippen molar-refractivity contribution in [2.24, 2.45) is 5.92 Å². The van der Waals surface area contributed by atoms with Gasteiger partial charge in [-0.15, -0.1) is 0 Å². The molecule has 1 aliphatic heterocycles. The van der Waals surface area contributed by atoms with Gasteiger partial charge in [0.25, 0.3) is 5.91 Å². The molecule has 3 rings (SSSR count). The van der Waals surface area contributed by atoms with Crippen LogP contribution in [0.1, 0.15) is 23.2 Å². The predicted molar refractivity (Wildman–Crippen MR) is 89.8 cm³/mol. The first-order valence-electron chi connectivity index (χ1n) is 7.80. The molecule has 2 aromatic rings. The molecular weight excluding hydrogens is 312 g/mol. The second-order valence-corrected chi connectivity index (χ2v) is 6.20. The summed E-state index contributed by atoms with van der Waals surface area (Å²) in [4.78, 5) is 18.5. The molecule has 120 valence electrons. The largest absolute Gasteiger partial charge is 0.493 e. The van der Waals surface area contributed by atoms with Crippen molar-refractivity contribution in [3.8, 4) is 5.75 Å². The molecule has 1 saturated heterocycles. The summed E-state index contributed by atoms with van der Waals surface area (Å²) in [5.74, 6) is 1.21. The molecule has 0 bridgehead atoms. The second kappa shape index (κ2) is 7.47. The summed E-state index contributed by atoms with van der Waals surface area (Å²) in [6.45, 7) is 2.12. The van der Waals surface area contributed by atoms with Crippen LogP contribution in [0.15, 0.2) is 48.8 Å². The fourth-order valence-corrected chi connectivity index (χ4v) is 3.03. The highest BCUT2D eigenvalue weighted by molar-refractivity contribution is 6.30. The Morgan fingerprint density at radius 1 is 1.30 bits per heavy atom. The SMILES string of the molecule is O=C(c1cccc(Cl)c1)N1CCCC(COc2ccncc2)C1. The molecule has 0 saturated carbocycles. The Balaban J connectivity index is 1.58. The van der Waals surface area contributed by atoms with E-state index in [0.29, 0.717) is 23.1 Å². The van der Waals surface area contributed by atoms with Crippen LogP contribution in [0.5, 0.6) is 5.75 Å². The molecule has 1 aromatic carbocycles. The minimum absolute atomic E-state index is 0.0427. The zero-order valence-electron chi connectivity index (χ0n) is 12.8. The molecule has 23 heavy (non-hydrogen) atoms. The van der Waals surface area contributed by atoms with E-state index >= 15 is 0 Å². The number of hydrogen-bond donors (Lipinski definition) is 0. The molecule has 5 heteroatoms. The highest BCUT2D eigenvalue weighted by Gasteiger charge is 2.25. The van der Waals surface area contributed by atoms with Crippen LogP contribution in [-0.2, 0) is 0 Å². The first-order chi connectivity index (χ1) is 11.2. The molecule has 1 atom stereocenters. The van der Waals surface area contributed by atoms with Crippen LogP contribution in [0, 0.1) is 5.92 Å². The lowest BCUT2D eigenvalue weighted by Crippen LogP contribution is -2.41. The molecule has 4 nitrogen and oxygen atoms in total. The fraction of sp³-hybridized carbons (Fsp3) is 0.333. The van der Waals surface area contributed by atoms with Crippen molar-refractivity contribution in [3.05, 3.63) is 59.4 Å². The zero-order chi connectivity index (χ0) is 16.1. The highest BCUT2D eigenvalue weighted by atomic mass is 35.5.